The highest BCUT2D eigenvalue weighted by Crippen LogP contribution is 2.30. The molecular weight excluding hydrogens is 487 g/mol. The summed E-state index contributed by atoms with van der Waals surface area (Å²) in [7, 11) is 0. The minimum Gasteiger partial charge on any atom is -0.424 e. The number of amides is 2. The summed E-state index contributed by atoms with van der Waals surface area (Å²) in [5.41, 5.74) is 8.21. The maximum atomic E-state index is 12.2. The number of carbonyl (C=O) groups is 1. The lowest BCUT2D eigenvalue weighted by atomic mass is 10.1. The highest BCUT2D eigenvalue weighted by molar-refractivity contribution is 6.44. The third-order valence-electron chi connectivity index (χ3n) is 4.35. The summed E-state index contributed by atoms with van der Waals surface area (Å²) in [5, 5.41) is 6.28. The van der Waals surface area contributed by atoms with Crippen LogP contribution in [0.25, 0.3) is 11.1 Å². The Bertz CT molecular complexity index is 1300. The van der Waals surface area contributed by atoms with E-state index < -0.39 is 6.03 Å². The maximum Gasteiger partial charge on any atom is 0.323 e. The van der Waals surface area contributed by atoms with Crippen molar-refractivity contribution in [1.82, 2.24) is 15.0 Å². The third-order valence-corrected chi connectivity index (χ3v) is 5.37. The van der Waals surface area contributed by atoms with E-state index >= 15 is 0 Å². The lowest BCUT2D eigenvalue weighted by Crippen LogP contribution is -2.19. The lowest BCUT2D eigenvalue weighted by Gasteiger charge is -2.10. The number of nitrogens with one attached hydrogen (secondary N) is 2. The molecule has 4 N–H and O–H groups in total. The Hall–Kier alpha value is -3.59. The van der Waals surface area contributed by atoms with Crippen molar-refractivity contribution < 1.29 is 9.53 Å². The zero-order valence-corrected chi connectivity index (χ0v) is 19.0. The standard InChI is InChI=1S/C22H15Cl3N6O2/c23-13-8-16(20(26)27-9-13)12-4-6-15(7-5-12)33-22-28-10-14(11-29-22)30-21(32)31-18-3-1-2-17(24)19(18)25/h1-11H,(H2,26,27)(H2,30,31,32). The number of nitrogen functional groups attached to an aromatic ring is 1. The fraction of sp³-hybridized carbons (Fsp3) is 0. The number of rotatable bonds is 5. The van der Waals surface area contributed by atoms with Gasteiger partial charge in [0.25, 0.3) is 0 Å². The number of ether oxygens (including phenoxy) is 1. The van der Waals surface area contributed by atoms with E-state index in [-0.39, 0.29) is 11.0 Å². The van der Waals surface area contributed by atoms with Crippen molar-refractivity contribution in [2.75, 3.05) is 16.4 Å². The van der Waals surface area contributed by atoms with Gasteiger partial charge in [-0.05, 0) is 35.9 Å². The van der Waals surface area contributed by atoms with Gasteiger partial charge in [-0.15, -0.1) is 0 Å². The molecule has 0 bridgehead atoms. The molecule has 166 valence electrons. The van der Waals surface area contributed by atoms with Gasteiger partial charge in [0, 0.05) is 11.8 Å². The fourth-order valence-corrected chi connectivity index (χ4v) is 3.31. The molecule has 0 saturated heterocycles. The van der Waals surface area contributed by atoms with Crippen molar-refractivity contribution >= 4 is 58.0 Å². The van der Waals surface area contributed by atoms with Crippen molar-refractivity contribution in [2.24, 2.45) is 0 Å². The topological polar surface area (TPSA) is 115 Å². The van der Waals surface area contributed by atoms with Crippen LogP contribution in [0.15, 0.2) is 67.1 Å². The molecule has 0 unspecified atom stereocenters. The Morgan fingerprint density at radius 3 is 2.36 bits per heavy atom. The average Bonchev–Trinajstić information content (AvgIpc) is 2.80. The largest absolute Gasteiger partial charge is 0.424 e. The molecule has 0 radical (unpaired) electrons. The first-order valence-corrected chi connectivity index (χ1v) is 10.6. The number of nitrogens with two attached hydrogens (primary N) is 1. The van der Waals surface area contributed by atoms with E-state index in [0.717, 1.165) is 11.1 Å². The van der Waals surface area contributed by atoms with Crippen LogP contribution in [0.2, 0.25) is 15.1 Å². The number of hydrogen-bond acceptors (Lipinski definition) is 6. The lowest BCUT2D eigenvalue weighted by molar-refractivity contribution is 0.262. The highest BCUT2D eigenvalue weighted by atomic mass is 35.5. The van der Waals surface area contributed by atoms with E-state index in [4.69, 9.17) is 45.3 Å². The average molecular weight is 502 g/mol. The molecule has 0 saturated carbocycles. The summed E-state index contributed by atoms with van der Waals surface area (Å²) < 4.78 is 5.65. The van der Waals surface area contributed by atoms with E-state index in [0.29, 0.717) is 33.0 Å². The van der Waals surface area contributed by atoms with Gasteiger partial charge >= 0.3 is 12.0 Å². The van der Waals surface area contributed by atoms with Crippen molar-refractivity contribution in [3.8, 4) is 22.9 Å². The Morgan fingerprint density at radius 2 is 1.64 bits per heavy atom. The molecular formula is C22H15Cl3N6O2. The number of hydrogen-bond donors (Lipinski definition) is 3. The van der Waals surface area contributed by atoms with Gasteiger partial charge in [0.05, 0.1) is 38.8 Å². The monoisotopic (exact) mass is 500 g/mol. The van der Waals surface area contributed by atoms with Crippen LogP contribution in [0.4, 0.5) is 22.0 Å². The van der Waals surface area contributed by atoms with Crippen LogP contribution < -0.4 is 21.1 Å². The predicted octanol–water partition coefficient (Wildman–Crippen LogP) is 6.52. The second-order valence-corrected chi connectivity index (χ2v) is 7.87. The van der Waals surface area contributed by atoms with Crippen molar-refractivity contribution in [2.45, 2.75) is 0 Å². The van der Waals surface area contributed by atoms with Gasteiger partial charge in [-0.25, -0.2) is 19.7 Å². The number of pyridine rings is 1. The van der Waals surface area contributed by atoms with Crippen LogP contribution >= 0.6 is 34.8 Å². The molecule has 2 aromatic heterocycles. The molecule has 0 spiro atoms. The normalized spacial score (nSPS) is 10.5. The number of aromatic nitrogens is 3. The number of halogens is 3. The van der Waals surface area contributed by atoms with Gasteiger partial charge in [0.1, 0.15) is 11.6 Å². The van der Waals surface area contributed by atoms with Crippen LogP contribution in [0.1, 0.15) is 0 Å². The van der Waals surface area contributed by atoms with E-state index in [1.165, 1.54) is 18.6 Å². The number of nitrogens with zero attached hydrogens (tertiary/aromatic N) is 3. The van der Waals surface area contributed by atoms with Gasteiger partial charge in [-0.1, -0.05) is 53.0 Å². The Kier molecular flexibility index (Phi) is 6.79. The molecule has 8 nitrogen and oxygen atoms in total. The molecule has 0 aliphatic rings. The summed E-state index contributed by atoms with van der Waals surface area (Å²) >= 11 is 18.0. The van der Waals surface area contributed by atoms with Crippen LogP contribution in [-0.2, 0) is 0 Å². The smallest absolute Gasteiger partial charge is 0.323 e. The fourth-order valence-electron chi connectivity index (χ4n) is 2.81. The van der Waals surface area contributed by atoms with Crippen molar-refractivity contribution in [1.29, 1.82) is 0 Å². The minimum absolute atomic E-state index is 0.107. The van der Waals surface area contributed by atoms with Crippen molar-refractivity contribution in [3.05, 3.63) is 82.2 Å². The van der Waals surface area contributed by atoms with E-state index in [1.807, 2.05) is 12.1 Å². The van der Waals surface area contributed by atoms with Gasteiger partial charge in [0.15, 0.2) is 0 Å². The molecule has 2 heterocycles. The van der Waals surface area contributed by atoms with E-state index in [1.54, 1.807) is 36.4 Å². The van der Waals surface area contributed by atoms with Gasteiger partial charge in [-0.3, -0.25) is 0 Å². The Balaban J connectivity index is 1.38. The molecule has 4 aromatic rings. The first-order chi connectivity index (χ1) is 15.9. The first kappa shape index (κ1) is 22.6. The molecule has 11 heteroatoms. The van der Waals surface area contributed by atoms with Gasteiger partial charge < -0.3 is 21.1 Å². The molecule has 2 aromatic carbocycles. The Labute approximate surface area is 203 Å². The number of carbonyl (C=O) groups excluding carboxylic acids is 1. The van der Waals surface area contributed by atoms with E-state index in [2.05, 4.69) is 25.6 Å². The van der Waals surface area contributed by atoms with Crippen LogP contribution in [0, 0.1) is 0 Å². The molecule has 0 aliphatic heterocycles. The molecule has 0 aliphatic carbocycles. The quantitative estimate of drug-likeness (QED) is 0.287. The van der Waals surface area contributed by atoms with E-state index in [9.17, 15) is 4.79 Å². The van der Waals surface area contributed by atoms with Gasteiger partial charge in [0.2, 0.25) is 0 Å². The summed E-state index contributed by atoms with van der Waals surface area (Å²) in [6.07, 6.45) is 4.31. The molecule has 0 atom stereocenters. The third kappa shape index (κ3) is 5.61. The first-order valence-electron chi connectivity index (χ1n) is 9.42. The summed E-state index contributed by atoms with van der Waals surface area (Å²) in [6, 6.07) is 13.4. The maximum absolute atomic E-state index is 12.2. The predicted molar refractivity (Wildman–Crippen MR) is 130 cm³/mol. The summed E-state index contributed by atoms with van der Waals surface area (Å²) in [4.78, 5) is 24.4. The van der Waals surface area contributed by atoms with Crippen LogP contribution in [-0.4, -0.2) is 21.0 Å². The van der Waals surface area contributed by atoms with Gasteiger partial charge in [-0.2, -0.15) is 0 Å². The van der Waals surface area contributed by atoms with Crippen LogP contribution in [0.3, 0.4) is 0 Å². The summed E-state index contributed by atoms with van der Waals surface area (Å²) in [6.45, 7) is 0. The number of benzene rings is 2. The SMILES string of the molecule is Nc1ncc(Cl)cc1-c1ccc(Oc2ncc(NC(=O)Nc3cccc(Cl)c3Cl)cn2)cc1. The van der Waals surface area contributed by atoms with Crippen LogP contribution in [0.5, 0.6) is 11.8 Å². The number of urea groups is 1. The zero-order chi connectivity index (χ0) is 23.4. The molecule has 2 amide bonds. The highest BCUT2D eigenvalue weighted by Gasteiger charge is 2.10. The minimum atomic E-state index is -0.526. The Morgan fingerprint density at radius 1 is 0.909 bits per heavy atom. The molecule has 33 heavy (non-hydrogen) atoms. The molecule has 4 rings (SSSR count). The molecule has 0 fully saturated rings. The second-order valence-electron chi connectivity index (χ2n) is 6.65. The summed E-state index contributed by atoms with van der Waals surface area (Å²) in [5.74, 6) is 0.891. The zero-order valence-electron chi connectivity index (χ0n) is 16.7. The number of anilines is 3. The van der Waals surface area contributed by atoms with Crippen molar-refractivity contribution in [3.63, 3.8) is 0 Å². The second kappa shape index (κ2) is 9.91.